The van der Waals surface area contributed by atoms with Gasteiger partial charge in [-0.2, -0.15) is 0 Å². The lowest BCUT2D eigenvalue weighted by Gasteiger charge is -2.30. The summed E-state index contributed by atoms with van der Waals surface area (Å²) >= 11 is 0. The number of nitrogens with zero attached hydrogens (tertiary/aromatic N) is 1. The number of aryl methyl sites for hydroxylation is 1. The Hall–Kier alpha value is -2.33. The van der Waals surface area contributed by atoms with Crippen LogP contribution in [0.4, 0.5) is 0 Å². The van der Waals surface area contributed by atoms with Crippen LogP contribution >= 0.6 is 0 Å². The van der Waals surface area contributed by atoms with E-state index in [4.69, 9.17) is 9.47 Å². The van der Waals surface area contributed by atoms with Crippen LogP contribution in [0.1, 0.15) is 52.4 Å². The molecule has 2 aliphatic heterocycles. The highest BCUT2D eigenvalue weighted by Crippen LogP contribution is 2.31. The highest BCUT2D eigenvalue weighted by molar-refractivity contribution is 5.99. The van der Waals surface area contributed by atoms with Crippen LogP contribution in [0, 0.1) is 0 Å². The summed E-state index contributed by atoms with van der Waals surface area (Å²) in [5, 5.41) is 0. The summed E-state index contributed by atoms with van der Waals surface area (Å²) in [7, 11) is 1.68. The monoisotopic (exact) mass is 365 g/mol. The van der Waals surface area contributed by atoms with Crippen molar-refractivity contribution in [3.05, 3.63) is 64.2 Å². The Morgan fingerprint density at radius 3 is 2.67 bits per heavy atom. The smallest absolute Gasteiger partial charge is 0.254 e. The molecule has 0 bridgehead atoms. The van der Waals surface area contributed by atoms with E-state index in [1.165, 1.54) is 22.3 Å². The van der Waals surface area contributed by atoms with Crippen molar-refractivity contribution >= 4 is 5.91 Å². The van der Waals surface area contributed by atoms with E-state index in [1.54, 1.807) is 7.11 Å². The fourth-order valence-corrected chi connectivity index (χ4v) is 4.20. The summed E-state index contributed by atoms with van der Waals surface area (Å²) < 4.78 is 10.9. The average Bonchev–Trinajstić information content (AvgIpc) is 3.04. The maximum absolute atomic E-state index is 13.0. The zero-order valence-corrected chi connectivity index (χ0v) is 16.2. The highest BCUT2D eigenvalue weighted by Gasteiger charge is 2.34. The third kappa shape index (κ3) is 3.59. The molecule has 0 N–H and O–H groups in total. The average molecular weight is 365 g/mol. The lowest BCUT2D eigenvalue weighted by molar-refractivity contribution is 0.0179. The number of rotatable bonds is 5. The summed E-state index contributed by atoms with van der Waals surface area (Å²) in [5.41, 5.74) is 5.85. The van der Waals surface area contributed by atoms with Crippen molar-refractivity contribution in [3.8, 4) is 5.75 Å². The molecule has 4 rings (SSSR count). The molecule has 0 radical (unpaired) electrons. The largest absolute Gasteiger partial charge is 0.497 e. The van der Waals surface area contributed by atoms with Crippen LogP contribution in [0.5, 0.6) is 5.75 Å². The molecule has 1 atom stereocenters. The van der Waals surface area contributed by atoms with Crippen LogP contribution in [-0.4, -0.2) is 37.2 Å². The molecule has 2 aliphatic rings. The summed E-state index contributed by atoms with van der Waals surface area (Å²) in [5.74, 6) is 1.03. The molecular weight excluding hydrogens is 338 g/mol. The molecule has 4 heteroatoms. The Labute approximate surface area is 161 Å². The zero-order valence-electron chi connectivity index (χ0n) is 16.2. The molecule has 0 spiro atoms. The van der Waals surface area contributed by atoms with Crippen molar-refractivity contribution < 1.29 is 14.3 Å². The van der Waals surface area contributed by atoms with Gasteiger partial charge >= 0.3 is 0 Å². The lowest BCUT2D eigenvalue weighted by atomic mass is 9.93. The van der Waals surface area contributed by atoms with Crippen molar-refractivity contribution in [2.75, 3.05) is 20.3 Å². The van der Waals surface area contributed by atoms with E-state index in [9.17, 15) is 4.79 Å². The van der Waals surface area contributed by atoms with E-state index in [-0.39, 0.29) is 11.9 Å². The Kier molecular flexibility index (Phi) is 5.17. The van der Waals surface area contributed by atoms with Gasteiger partial charge in [-0.1, -0.05) is 25.1 Å². The molecule has 0 unspecified atom stereocenters. The van der Waals surface area contributed by atoms with Crippen LogP contribution in [0.25, 0.3) is 0 Å². The minimum absolute atomic E-state index is 0.166. The first-order chi connectivity index (χ1) is 13.2. The Balaban J connectivity index is 1.60. The first-order valence-electron chi connectivity index (χ1n) is 9.86. The fraction of sp³-hybridized carbons (Fsp3) is 0.435. The topological polar surface area (TPSA) is 38.8 Å². The molecular formula is C23H27NO3. The second kappa shape index (κ2) is 7.73. The van der Waals surface area contributed by atoms with Gasteiger partial charge in [0.25, 0.3) is 5.91 Å². The molecule has 0 aromatic heterocycles. The molecule has 2 aromatic carbocycles. The maximum atomic E-state index is 13.0. The molecule has 2 heterocycles. The molecule has 2 aromatic rings. The summed E-state index contributed by atoms with van der Waals surface area (Å²) in [6.07, 6.45) is 3.88. The Morgan fingerprint density at radius 2 is 2.00 bits per heavy atom. The lowest BCUT2D eigenvalue weighted by Crippen LogP contribution is -2.41. The quantitative estimate of drug-likeness (QED) is 0.804. The van der Waals surface area contributed by atoms with Crippen LogP contribution in [0.15, 0.2) is 36.4 Å². The second-order valence-corrected chi connectivity index (χ2v) is 7.46. The summed E-state index contributed by atoms with van der Waals surface area (Å²) in [4.78, 5) is 15.1. The number of benzene rings is 2. The second-order valence-electron chi connectivity index (χ2n) is 7.46. The highest BCUT2D eigenvalue weighted by atomic mass is 16.5. The van der Waals surface area contributed by atoms with Crippen LogP contribution in [0.3, 0.4) is 0 Å². The number of hydrogen-bond acceptors (Lipinski definition) is 3. The minimum atomic E-state index is 0.166. The molecule has 1 fully saturated rings. The standard InChI is InChI=1S/C23H27NO3/c1-3-17-12-19-14-24(20-5-4-10-27-15-20)23(25)22(19)13-18(17)11-16-6-8-21(26-2)9-7-16/h6-9,12-13,20H,3-5,10-11,14-15H2,1-2H3/t20-/m1/s1. The number of amides is 1. The van der Waals surface area contributed by atoms with Gasteiger partial charge in [-0.25, -0.2) is 0 Å². The van der Waals surface area contributed by atoms with E-state index in [0.717, 1.165) is 50.1 Å². The van der Waals surface area contributed by atoms with Gasteiger partial charge in [0.05, 0.1) is 19.8 Å². The SMILES string of the molecule is CCc1cc2c(cc1Cc1ccc(OC)cc1)C(=O)N([C@@H]1CCCOC1)C2. The van der Waals surface area contributed by atoms with Gasteiger partial charge in [0.15, 0.2) is 0 Å². The van der Waals surface area contributed by atoms with E-state index in [0.29, 0.717) is 6.61 Å². The van der Waals surface area contributed by atoms with E-state index >= 15 is 0 Å². The number of ether oxygens (including phenoxy) is 2. The first kappa shape index (κ1) is 18.1. The molecule has 0 saturated carbocycles. The van der Waals surface area contributed by atoms with Crippen molar-refractivity contribution in [1.29, 1.82) is 0 Å². The van der Waals surface area contributed by atoms with E-state index < -0.39 is 0 Å². The predicted molar refractivity (Wildman–Crippen MR) is 105 cm³/mol. The van der Waals surface area contributed by atoms with E-state index in [1.807, 2.05) is 17.0 Å². The van der Waals surface area contributed by atoms with Gasteiger partial charge in [-0.15, -0.1) is 0 Å². The van der Waals surface area contributed by atoms with Gasteiger partial charge < -0.3 is 14.4 Å². The van der Waals surface area contributed by atoms with Gasteiger partial charge in [-0.3, -0.25) is 4.79 Å². The number of carbonyl (C=O) groups is 1. The molecule has 1 amide bonds. The molecule has 0 aliphatic carbocycles. The van der Waals surface area contributed by atoms with Crippen molar-refractivity contribution in [3.63, 3.8) is 0 Å². The molecule has 1 saturated heterocycles. The first-order valence-corrected chi connectivity index (χ1v) is 9.86. The minimum Gasteiger partial charge on any atom is -0.497 e. The fourth-order valence-electron chi connectivity index (χ4n) is 4.20. The van der Waals surface area contributed by atoms with Crippen molar-refractivity contribution in [2.24, 2.45) is 0 Å². The number of fused-ring (bicyclic) bond motifs is 1. The van der Waals surface area contributed by atoms with Gasteiger partial charge in [0.2, 0.25) is 0 Å². The van der Waals surface area contributed by atoms with Gasteiger partial charge in [0, 0.05) is 18.7 Å². The van der Waals surface area contributed by atoms with Gasteiger partial charge in [0.1, 0.15) is 5.75 Å². The van der Waals surface area contributed by atoms with Crippen LogP contribution in [0.2, 0.25) is 0 Å². The Morgan fingerprint density at radius 1 is 1.19 bits per heavy atom. The summed E-state index contributed by atoms with van der Waals surface area (Å²) in [6.45, 7) is 4.39. The molecule has 27 heavy (non-hydrogen) atoms. The van der Waals surface area contributed by atoms with Crippen LogP contribution in [-0.2, 0) is 24.1 Å². The number of methoxy groups -OCH3 is 1. The van der Waals surface area contributed by atoms with E-state index in [2.05, 4.69) is 31.2 Å². The summed E-state index contributed by atoms with van der Waals surface area (Å²) in [6, 6.07) is 12.8. The normalized spacial score (nSPS) is 19.3. The zero-order chi connectivity index (χ0) is 18.8. The number of carbonyl (C=O) groups excluding carboxylic acids is 1. The Bertz CT molecular complexity index is 822. The van der Waals surface area contributed by atoms with Crippen molar-refractivity contribution in [2.45, 2.75) is 45.2 Å². The third-order valence-electron chi connectivity index (χ3n) is 5.77. The molecule has 142 valence electrons. The maximum Gasteiger partial charge on any atom is 0.254 e. The number of hydrogen-bond donors (Lipinski definition) is 0. The predicted octanol–water partition coefficient (Wildman–Crippen LogP) is 3.98. The third-order valence-corrected chi connectivity index (χ3v) is 5.77. The molecule has 4 nitrogen and oxygen atoms in total. The van der Waals surface area contributed by atoms with Crippen molar-refractivity contribution in [1.82, 2.24) is 4.90 Å². The van der Waals surface area contributed by atoms with Crippen LogP contribution < -0.4 is 4.74 Å². The van der Waals surface area contributed by atoms with Gasteiger partial charge in [-0.05, 0) is 66.1 Å².